The summed E-state index contributed by atoms with van der Waals surface area (Å²) < 4.78 is 9.58. The molecule has 0 radical (unpaired) electrons. The number of esters is 2. The number of methoxy groups -OCH3 is 1. The molecule has 0 aromatic carbocycles. The summed E-state index contributed by atoms with van der Waals surface area (Å²) in [6.07, 6.45) is 3.32. The fourth-order valence-corrected chi connectivity index (χ4v) is 1.60. The van der Waals surface area contributed by atoms with Crippen LogP contribution in [0.1, 0.15) is 32.6 Å². The average Bonchev–Trinajstić information content (AvgIpc) is 2.55. The highest BCUT2D eigenvalue weighted by Crippen LogP contribution is 2.25. The van der Waals surface area contributed by atoms with Crippen molar-refractivity contribution >= 4 is 11.9 Å². The lowest BCUT2D eigenvalue weighted by Gasteiger charge is -2.06. The predicted molar refractivity (Wildman–Crippen MR) is 49.5 cm³/mol. The van der Waals surface area contributed by atoms with Crippen LogP contribution in [0.2, 0.25) is 0 Å². The Morgan fingerprint density at radius 3 is 2.93 bits per heavy atom. The lowest BCUT2D eigenvalue weighted by molar-refractivity contribution is -0.154. The zero-order valence-corrected chi connectivity index (χ0v) is 8.62. The third-order valence-corrected chi connectivity index (χ3v) is 2.43. The molecule has 0 bridgehead atoms. The number of hydrogen-bond acceptors (Lipinski definition) is 4. The summed E-state index contributed by atoms with van der Waals surface area (Å²) in [5, 5.41) is 0. The van der Waals surface area contributed by atoms with Crippen LogP contribution in [0.4, 0.5) is 0 Å². The molecule has 1 saturated heterocycles. The zero-order valence-electron chi connectivity index (χ0n) is 8.62. The largest absolute Gasteiger partial charge is 0.468 e. The minimum atomic E-state index is -0.693. The van der Waals surface area contributed by atoms with Crippen molar-refractivity contribution in [1.82, 2.24) is 0 Å². The molecule has 0 aromatic heterocycles. The van der Waals surface area contributed by atoms with Crippen LogP contribution in [0.3, 0.4) is 0 Å². The fraction of sp³-hybridized carbons (Fsp3) is 0.800. The van der Waals surface area contributed by atoms with Crippen LogP contribution in [0.5, 0.6) is 0 Å². The van der Waals surface area contributed by atoms with Crippen LogP contribution in [-0.4, -0.2) is 25.2 Å². The fourth-order valence-electron chi connectivity index (χ4n) is 1.60. The minimum Gasteiger partial charge on any atom is -0.468 e. The van der Waals surface area contributed by atoms with Crippen LogP contribution in [0.25, 0.3) is 0 Å². The second kappa shape index (κ2) is 4.98. The molecule has 1 aliphatic heterocycles. The SMILES string of the molecule is CCCCC1CC(C(=O)OC)C(=O)O1. The molecule has 1 aliphatic rings. The van der Waals surface area contributed by atoms with Gasteiger partial charge in [-0.1, -0.05) is 19.8 Å². The van der Waals surface area contributed by atoms with Gasteiger partial charge >= 0.3 is 11.9 Å². The van der Waals surface area contributed by atoms with Crippen LogP contribution in [-0.2, 0) is 19.1 Å². The summed E-state index contributed by atoms with van der Waals surface area (Å²) in [6, 6.07) is 0. The highest BCUT2D eigenvalue weighted by atomic mass is 16.6. The summed E-state index contributed by atoms with van der Waals surface area (Å²) in [5.74, 6) is -1.60. The molecule has 2 atom stereocenters. The molecule has 0 spiro atoms. The Bertz CT molecular complexity index is 224. The van der Waals surface area contributed by atoms with Gasteiger partial charge in [-0.2, -0.15) is 0 Å². The molecule has 2 unspecified atom stereocenters. The quantitative estimate of drug-likeness (QED) is 0.506. The Labute approximate surface area is 83.6 Å². The van der Waals surface area contributed by atoms with Crippen molar-refractivity contribution in [2.45, 2.75) is 38.7 Å². The van der Waals surface area contributed by atoms with E-state index in [0.29, 0.717) is 6.42 Å². The highest BCUT2D eigenvalue weighted by molar-refractivity contribution is 5.96. The maximum atomic E-state index is 11.2. The van der Waals surface area contributed by atoms with Gasteiger partial charge in [-0.15, -0.1) is 0 Å². The standard InChI is InChI=1S/C10H16O4/c1-3-4-5-7-6-8(9(11)13-2)10(12)14-7/h7-8H,3-6H2,1-2H3. The molecule has 80 valence electrons. The molecule has 0 saturated carbocycles. The number of hydrogen-bond donors (Lipinski definition) is 0. The number of rotatable bonds is 4. The first-order valence-corrected chi connectivity index (χ1v) is 4.97. The third kappa shape index (κ3) is 2.47. The molecule has 0 N–H and O–H groups in total. The van der Waals surface area contributed by atoms with E-state index in [-0.39, 0.29) is 6.10 Å². The molecular formula is C10H16O4. The number of cyclic esters (lactones) is 1. The van der Waals surface area contributed by atoms with E-state index >= 15 is 0 Å². The van der Waals surface area contributed by atoms with Gasteiger partial charge in [0.1, 0.15) is 6.10 Å². The summed E-state index contributed by atoms with van der Waals surface area (Å²) in [4.78, 5) is 22.3. The van der Waals surface area contributed by atoms with Crippen molar-refractivity contribution in [3.05, 3.63) is 0 Å². The Balaban J connectivity index is 2.43. The number of carbonyl (C=O) groups excluding carboxylic acids is 2. The lowest BCUT2D eigenvalue weighted by atomic mass is 10.0. The van der Waals surface area contributed by atoms with E-state index in [4.69, 9.17) is 4.74 Å². The van der Waals surface area contributed by atoms with E-state index in [1.54, 1.807) is 0 Å². The second-order valence-corrected chi connectivity index (χ2v) is 3.51. The summed E-state index contributed by atoms with van der Waals surface area (Å²) in [6.45, 7) is 2.08. The van der Waals surface area contributed by atoms with Crippen molar-refractivity contribution in [3.8, 4) is 0 Å². The number of unbranched alkanes of at least 4 members (excludes halogenated alkanes) is 1. The van der Waals surface area contributed by atoms with Gasteiger partial charge < -0.3 is 9.47 Å². The smallest absolute Gasteiger partial charge is 0.320 e. The molecule has 4 nitrogen and oxygen atoms in total. The van der Waals surface area contributed by atoms with E-state index in [1.165, 1.54) is 7.11 Å². The van der Waals surface area contributed by atoms with E-state index in [9.17, 15) is 9.59 Å². The number of ether oxygens (including phenoxy) is 2. The van der Waals surface area contributed by atoms with Gasteiger partial charge in [0.2, 0.25) is 0 Å². The van der Waals surface area contributed by atoms with Gasteiger partial charge in [0.05, 0.1) is 7.11 Å². The normalized spacial score (nSPS) is 26.0. The Hall–Kier alpha value is -1.06. The minimum absolute atomic E-state index is 0.0912. The van der Waals surface area contributed by atoms with Crippen LogP contribution >= 0.6 is 0 Å². The molecule has 14 heavy (non-hydrogen) atoms. The lowest BCUT2D eigenvalue weighted by Crippen LogP contribution is -2.20. The Kier molecular flexibility index (Phi) is 3.92. The second-order valence-electron chi connectivity index (χ2n) is 3.51. The highest BCUT2D eigenvalue weighted by Gasteiger charge is 2.39. The van der Waals surface area contributed by atoms with Gasteiger partial charge in [0.25, 0.3) is 0 Å². The average molecular weight is 200 g/mol. The van der Waals surface area contributed by atoms with Crippen molar-refractivity contribution in [1.29, 1.82) is 0 Å². The Morgan fingerprint density at radius 2 is 2.36 bits per heavy atom. The summed E-state index contributed by atoms with van der Waals surface area (Å²) in [7, 11) is 1.29. The summed E-state index contributed by atoms with van der Waals surface area (Å²) >= 11 is 0. The van der Waals surface area contributed by atoms with Gasteiger partial charge in [-0.3, -0.25) is 9.59 Å². The molecule has 4 heteroatoms. The maximum Gasteiger partial charge on any atom is 0.320 e. The number of carbonyl (C=O) groups is 2. The first kappa shape index (κ1) is 11.0. The van der Waals surface area contributed by atoms with E-state index in [1.807, 2.05) is 0 Å². The predicted octanol–water partition coefficient (Wildman–Crippen LogP) is 1.28. The zero-order chi connectivity index (χ0) is 10.6. The molecule has 1 heterocycles. The van der Waals surface area contributed by atoms with Gasteiger partial charge in [0, 0.05) is 6.42 Å². The molecular weight excluding hydrogens is 184 g/mol. The van der Waals surface area contributed by atoms with Crippen LogP contribution in [0.15, 0.2) is 0 Å². The van der Waals surface area contributed by atoms with Gasteiger partial charge in [0.15, 0.2) is 5.92 Å². The maximum absolute atomic E-state index is 11.2. The summed E-state index contributed by atoms with van der Waals surface area (Å²) in [5.41, 5.74) is 0. The first-order valence-electron chi connectivity index (χ1n) is 4.97. The van der Waals surface area contributed by atoms with E-state index in [0.717, 1.165) is 19.3 Å². The van der Waals surface area contributed by atoms with Crippen molar-refractivity contribution in [2.75, 3.05) is 7.11 Å². The Morgan fingerprint density at radius 1 is 1.64 bits per heavy atom. The van der Waals surface area contributed by atoms with E-state index < -0.39 is 17.9 Å². The van der Waals surface area contributed by atoms with Gasteiger partial charge in [-0.25, -0.2) is 0 Å². The molecule has 0 aromatic rings. The topological polar surface area (TPSA) is 52.6 Å². The van der Waals surface area contributed by atoms with Crippen molar-refractivity contribution in [2.24, 2.45) is 5.92 Å². The van der Waals surface area contributed by atoms with Crippen LogP contribution in [0, 0.1) is 5.92 Å². The van der Waals surface area contributed by atoms with E-state index in [2.05, 4.69) is 11.7 Å². The molecule has 0 aliphatic carbocycles. The monoisotopic (exact) mass is 200 g/mol. The van der Waals surface area contributed by atoms with Crippen LogP contribution < -0.4 is 0 Å². The molecule has 0 amide bonds. The van der Waals surface area contributed by atoms with Crippen molar-refractivity contribution in [3.63, 3.8) is 0 Å². The first-order chi connectivity index (χ1) is 6.69. The molecule has 1 rings (SSSR count). The van der Waals surface area contributed by atoms with Gasteiger partial charge in [-0.05, 0) is 6.42 Å². The third-order valence-electron chi connectivity index (χ3n) is 2.43. The molecule has 1 fully saturated rings. The van der Waals surface area contributed by atoms with Crippen molar-refractivity contribution < 1.29 is 19.1 Å².